The lowest BCUT2D eigenvalue weighted by Crippen LogP contribution is -2.29. The maximum Gasteiger partial charge on any atom is 0.230 e. The first-order valence-corrected chi connectivity index (χ1v) is 11.7. The third kappa shape index (κ3) is 6.67. The molecule has 164 valence electrons. The van der Waals surface area contributed by atoms with Crippen LogP contribution in [0.4, 0.5) is 0 Å². The van der Waals surface area contributed by atoms with Crippen molar-refractivity contribution in [2.45, 2.75) is 38.5 Å². The Balaban J connectivity index is 1.42. The number of nitrogens with zero attached hydrogens (tertiary/aromatic N) is 4. The standard InChI is InChI=1S/C24H31N5OS/c1-4-29-23(21-14-9-8-11-19(21)2)26-27-24(29)31-18-22(30)25-15-10-16-28(3)17-20-12-6-5-7-13-20/h5-9,11-14H,4,10,15-18H2,1-3H3,(H,25,30). The summed E-state index contributed by atoms with van der Waals surface area (Å²) in [6, 6.07) is 18.6. The molecular formula is C24H31N5OS. The van der Waals surface area contributed by atoms with E-state index in [1.807, 2.05) is 18.2 Å². The van der Waals surface area contributed by atoms with Crippen molar-refractivity contribution < 1.29 is 4.79 Å². The largest absolute Gasteiger partial charge is 0.355 e. The van der Waals surface area contributed by atoms with E-state index in [1.165, 1.54) is 17.3 Å². The van der Waals surface area contributed by atoms with Crippen LogP contribution in [0.3, 0.4) is 0 Å². The van der Waals surface area contributed by atoms with Crippen LogP contribution in [0, 0.1) is 6.92 Å². The van der Waals surface area contributed by atoms with Gasteiger partial charge in [-0.15, -0.1) is 10.2 Å². The molecule has 0 unspecified atom stereocenters. The van der Waals surface area contributed by atoms with Crippen LogP contribution in [0.2, 0.25) is 0 Å². The minimum Gasteiger partial charge on any atom is -0.355 e. The SMILES string of the molecule is CCn1c(SCC(=O)NCCCN(C)Cc2ccccc2)nnc1-c1ccccc1C. The van der Waals surface area contributed by atoms with E-state index < -0.39 is 0 Å². The van der Waals surface area contributed by atoms with Gasteiger partial charge in [-0.2, -0.15) is 0 Å². The molecular weight excluding hydrogens is 406 g/mol. The molecule has 0 radical (unpaired) electrons. The normalized spacial score (nSPS) is 11.1. The van der Waals surface area contributed by atoms with Crippen LogP contribution in [0.5, 0.6) is 0 Å². The van der Waals surface area contributed by atoms with E-state index in [0.29, 0.717) is 12.3 Å². The highest BCUT2D eigenvalue weighted by Gasteiger charge is 2.15. The van der Waals surface area contributed by atoms with Gasteiger partial charge in [0.1, 0.15) is 0 Å². The van der Waals surface area contributed by atoms with Gasteiger partial charge in [-0.05, 0) is 45.0 Å². The van der Waals surface area contributed by atoms with Gasteiger partial charge in [0, 0.05) is 25.2 Å². The van der Waals surface area contributed by atoms with Crippen LogP contribution in [-0.2, 0) is 17.9 Å². The molecule has 0 saturated carbocycles. The molecule has 1 aromatic heterocycles. The maximum atomic E-state index is 12.3. The summed E-state index contributed by atoms with van der Waals surface area (Å²) in [5.41, 5.74) is 3.54. The number of benzene rings is 2. The molecule has 0 aliphatic heterocycles. The topological polar surface area (TPSA) is 63.1 Å². The maximum absolute atomic E-state index is 12.3. The fraction of sp³-hybridized carbons (Fsp3) is 0.375. The van der Waals surface area contributed by atoms with Crippen molar-refractivity contribution in [3.8, 4) is 11.4 Å². The summed E-state index contributed by atoms with van der Waals surface area (Å²) in [5.74, 6) is 1.22. The number of rotatable bonds is 11. The molecule has 7 heteroatoms. The van der Waals surface area contributed by atoms with E-state index in [2.05, 4.69) is 82.3 Å². The Morgan fingerprint density at radius 3 is 2.58 bits per heavy atom. The zero-order valence-corrected chi connectivity index (χ0v) is 19.4. The molecule has 1 N–H and O–H groups in total. The first-order valence-electron chi connectivity index (χ1n) is 10.7. The van der Waals surface area contributed by atoms with Gasteiger partial charge in [0.15, 0.2) is 11.0 Å². The van der Waals surface area contributed by atoms with Crippen LogP contribution < -0.4 is 5.32 Å². The van der Waals surface area contributed by atoms with E-state index in [0.717, 1.165) is 48.2 Å². The van der Waals surface area contributed by atoms with Crippen LogP contribution >= 0.6 is 11.8 Å². The molecule has 0 aliphatic carbocycles. The van der Waals surface area contributed by atoms with E-state index in [4.69, 9.17) is 0 Å². The summed E-state index contributed by atoms with van der Waals surface area (Å²) in [7, 11) is 2.11. The summed E-state index contributed by atoms with van der Waals surface area (Å²) in [5, 5.41) is 12.5. The average molecular weight is 438 g/mol. The molecule has 31 heavy (non-hydrogen) atoms. The molecule has 0 aliphatic rings. The van der Waals surface area contributed by atoms with Gasteiger partial charge in [0.05, 0.1) is 5.75 Å². The van der Waals surface area contributed by atoms with Crippen LogP contribution in [0.1, 0.15) is 24.5 Å². The number of hydrogen-bond donors (Lipinski definition) is 1. The summed E-state index contributed by atoms with van der Waals surface area (Å²) >= 11 is 1.43. The van der Waals surface area contributed by atoms with Crippen LogP contribution in [0.15, 0.2) is 59.8 Å². The predicted molar refractivity (Wildman–Crippen MR) is 127 cm³/mol. The third-order valence-corrected chi connectivity index (χ3v) is 6.05. The Kier molecular flexibility index (Phi) is 8.67. The van der Waals surface area contributed by atoms with Crippen molar-refractivity contribution in [1.29, 1.82) is 0 Å². The quantitative estimate of drug-likeness (QED) is 0.363. The van der Waals surface area contributed by atoms with Gasteiger partial charge >= 0.3 is 0 Å². The van der Waals surface area contributed by atoms with Crippen LogP contribution in [-0.4, -0.2) is 51.5 Å². The van der Waals surface area contributed by atoms with Gasteiger partial charge in [-0.25, -0.2) is 0 Å². The first-order chi connectivity index (χ1) is 15.1. The molecule has 0 fully saturated rings. The number of hydrogen-bond acceptors (Lipinski definition) is 5. The van der Waals surface area contributed by atoms with Crippen molar-refractivity contribution in [2.24, 2.45) is 0 Å². The second-order valence-corrected chi connectivity index (χ2v) is 8.52. The lowest BCUT2D eigenvalue weighted by Gasteiger charge is -2.16. The Hall–Kier alpha value is -2.64. The number of carbonyl (C=O) groups excluding carboxylic acids is 1. The fourth-order valence-corrected chi connectivity index (χ4v) is 4.27. The highest BCUT2D eigenvalue weighted by Crippen LogP contribution is 2.26. The second-order valence-electron chi connectivity index (χ2n) is 7.58. The van der Waals surface area contributed by atoms with Crippen molar-refractivity contribution in [3.63, 3.8) is 0 Å². The smallest absolute Gasteiger partial charge is 0.230 e. The van der Waals surface area contributed by atoms with E-state index >= 15 is 0 Å². The molecule has 0 atom stereocenters. The summed E-state index contributed by atoms with van der Waals surface area (Å²) in [4.78, 5) is 14.6. The predicted octanol–water partition coefficient (Wildman–Crippen LogP) is 4.00. The van der Waals surface area contributed by atoms with E-state index in [-0.39, 0.29) is 5.91 Å². The van der Waals surface area contributed by atoms with Gasteiger partial charge in [-0.3, -0.25) is 4.79 Å². The highest BCUT2D eigenvalue weighted by atomic mass is 32.2. The Labute approximate surface area is 189 Å². The number of carbonyl (C=O) groups is 1. The minimum atomic E-state index is 0.0267. The molecule has 2 aromatic carbocycles. The molecule has 1 amide bonds. The monoisotopic (exact) mass is 437 g/mol. The summed E-state index contributed by atoms with van der Waals surface area (Å²) < 4.78 is 2.07. The van der Waals surface area contributed by atoms with Crippen molar-refractivity contribution in [2.75, 3.05) is 25.9 Å². The highest BCUT2D eigenvalue weighted by molar-refractivity contribution is 7.99. The fourth-order valence-electron chi connectivity index (χ4n) is 3.44. The lowest BCUT2D eigenvalue weighted by atomic mass is 10.1. The molecule has 3 aromatic rings. The Bertz CT molecular complexity index is 973. The molecule has 3 rings (SSSR count). The number of aryl methyl sites for hydroxylation is 1. The van der Waals surface area contributed by atoms with Gasteiger partial charge in [-0.1, -0.05) is 66.4 Å². The minimum absolute atomic E-state index is 0.0267. The number of amides is 1. The van der Waals surface area contributed by atoms with Gasteiger partial charge in [0.2, 0.25) is 5.91 Å². The Morgan fingerprint density at radius 2 is 1.84 bits per heavy atom. The van der Waals surface area contributed by atoms with Crippen molar-refractivity contribution in [1.82, 2.24) is 25.0 Å². The molecule has 0 saturated heterocycles. The van der Waals surface area contributed by atoms with E-state index in [1.54, 1.807) is 0 Å². The molecule has 0 bridgehead atoms. The molecule has 6 nitrogen and oxygen atoms in total. The summed E-state index contributed by atoms with van der Waals surface area (Å²) in [6.45, 7) is 7.43. The van der Waals surface area contributed by atoms with E-state index in [9.17, 15) is 4.79 Å². The zero-order valence-electron chi connectivity index (χ0n) is 18.5. The van der Waals surface area contributed by atoms with Crippen molar-refractivity contribution in [3.05, 3.63) is 65.7 Å². The average Bonchev–Trinajstić information content (AvgIpc) is 3.19. The van der Waals surface area contributed by atoms with Crippen LogP contribution in [0.25, 0.3) is 11.4 Å². The number of aromatic nitrogens is 3. The van der Waals surface area contributed by atoms with Crippen molar-refractivity contribution >= 4 is 17.7 Å². The molecule has 1 heterocycles. The van der Waals surface area contributed by atoms with Gasteiger partial charge < -0.3 is 14.8 Å². The van der Waals surface area contributed by atoms with Gasteiger partial charge in [0.25, 0.3) is 0 Å². The Morgan fingerprint density at radius 1 is 1.10 bits per heavy atom. The summed E-state index contributed by atoms with van der Waals surface area (Å²) in [6.07, 6.45) is 0.919. The molecule has 0 spiro atoms. The number of thioether (sulfide) groups is 1. The number of nitrogens with one attached hydrogen (secondary N) is 1. The second kappa shape index (κ2) is 11.7. The first kappa shape index (κ1) is 23.0. The third-order valence-electron chi connectivity index (χ3n) is 5.09. The lowest BCUT2D eigenvalue weighted by molar-refractivity contribution is -0.118. The zero-order chi connectivity index (χ0) is 22.1.